The normalized spacial score (nSPS) is 18.3. The Morgan fingerprint density at radius 2 is 1.81 bits per heavy atom. The van der Waals surface area contributed by atoms with E-state index in [1.165, 1.54) is 40.5 Å². The maximum atomic E-state index is 13.6. The highest BCUT2D eigenvalue weighted by molar-refractivity contribution is 7.91. The molecule has 1 aliphatic rings. The number of aliphatic hydroxyl groups is 1. The number of alkyl halides is 3. The van der Waals surface area contributed by atoms with Gasteiger partial charge in [-0.3, -0.25) is 4.79 Å². The summed E-state index contributed by atoms with van der Waals surface area (Å²) in [7, 11) is -2.33. The fourth-order valence-corrected chi connectivity index (χ4v) is 6.85. The molecule has 3 atom stereocenters. The van der Waals surface area contributed by atoms with E-state index in [4.69, 9.17) is 4.74 Å². The molecule has 232 valence electrons. The molecule has 0 aliphatic carbocycles. The first kappa shape index (κ1) is 32.3. The van der Waals surface area contributed by atoms with Crippen LogP contribution in [0.1, 0.15) is 29.8 Å². The number of carbonyl (C=O) groups excluding carboxylic acids is 2. The minimum absolute atomic E-state index is 0.0219. The van der Waals surface area contributed by atoms with Crippen molar-refractivity contribution < 1.29 is 41.0 Å². The van der Waals surface area contributed by atoms with E-state index in [9.17, 15) is 36.3 Å². The largest absolute Gasteiger partial charge is 0.488 e. The number of fused-ring (bicyclic) bond motifs is 1. The molecule has 0 radical (unpaired) electrons. The zero-order valence-electron chi connectivity index (χ0n) is 23.5. The molecular formula is C28H31F3N4O6S2. The zero-order valence-corrected chi connectivity index (χ0v) is 25.1. The number of ether oxygens (including phenoxy) is 1. The number of rotatable bonds is 8. The van der Waals surface area contributed by atoms with Crippen molar-refractivity contribution in [1.82, 2.24) is 9.21 Å². The molecule has 0 fully saturated rings. The quantitative estimate of drug-likeness (QED) is 0.320. The summed E-state index contributed by atoms with van der Waals surface area (Å²) in [5.74, 6) is -0.639. The number of likely N-dealkylation sites (N-methyl/N-ethyl adjacent to an activating group) is 1. The predicted molar refractivity (Wildman–Crippen MR) is 156 cm³/mol. The average Bonchev–Trinajstić information content (AvgIpc) is 3.51. The van der Waals surface area contributed by atoms with Crippen LogP contribution in [-0.2, 0) is 16.2 Å². The number of amides is 3. The van der Waals surface area contributed by atoms with Crippen LogP contribution in [0.4, 0.5) is 29.3 Å². The second-order valence-corrected chi connectivity index (χ2v) is 13.4. The Kier molecular flexibility index (Phi) is 9.69. The molecule has 1 aliphatic heterocycles. The van der Waals surface area contributed by atoms with Gasteiger partial charge in [-0.1, -0.05) is 13.0 Å². The van der Waals surface area contributed by atoms with Gasteiger partial charge in [-0.25, -0.2) is 13.2 Å². The standard InChI is InChI=1S/C28H31F3N4O6S2/c1-17-14-35(18(2)16-36)26(37)22-13-21(33-27(38)32-20-8-6-19(7-9-20)28(29,30)31)10-11-23(22)41-24(17)15-34(3)43(39,40)25-5-4-12-42-25/h4-13,17-18,24,36H,14-16H2,1-3H3,(H2,32,33,38)/t17-,18-,24-/m1/s1. The number of anilines is 2. The Morgan fingerprint density at radius 1 is 1.16 bits per heavy atom. The lowest BCUT2D eigenvalue weighted by Gasteiger charge is -2.38. The summed E-state index contributed by atoms with van der Waals surface area (Å²) < 4.78 is 72.2. The van der Waals surface area contributed by atoms with Gasteiger partial charge in [0.2, 0.25) is 0 Å². The summed E-state index contributed by atoms with van der Waals surface area (Å²) in [6.45, 7) is 3.32. The highest BCUT2D eigenvalue weighted by Crippen LogP contribution is 2.32. The summed E-state index contributed by atoms with van der Waals surface area (Å²) in [6.07, 6.45) is -5.19. The van der Waals surface area contributed by atoms with E-state index >= 15 is 0 Å². The van der Waals surface area contributed by atoms with Crippen molar-refractivity contribution in [3.63, 3.8) is 0 Å². The molecule has 4 rings (SSSR count). The number of thiophene rings is 1. The van der Waals surface area contributed by atoms with Crippen LogP contribution in [-0.4, -0.2) is 73.6 Å². The van der Waals surface area contributed by atoms with Gasteiger partial charge >= 0.3 is 12.2 Å². The Morgan fingerprint density at radius 3 is 2.42 bits per heavy atom. The highest BCUT2D eigenvalue weighted by atomic mass is 32.2. The smallest absolute Gasteiger partial charge is 0.416 e. The van der Waals surface area contributed by atoms with Crippen molar-refractivity contribution in [2.24, 2.45) is 5.92 Å². The third-order valence-electron chi connectivity index (χ3n) is 6.99. The predicted octanol–water partition coefficient (Wildman–Crippen LogP) is 4.95. The number of hydrogen-bond acceptors (Lipinski definition) is 7. The van der Waals surface area contributed by atoms with E-state index in [0.29, 0.717) is 0 Å². The van der Waals surface area contributed by atoms with Gasteiger partial charge in [0.05, 0.1) is 30.3 Å². The maximum Gasteiger partial charge on any atom is 0.416 e. The molecule has 15 heteroatoms. The van der Waals surface area contributed by atoms with E-state index < -0.39 is 45.8 Å². The summed E-state index contributed by atoms with van der Waals surface area (Å²) in [5.41, 5.74) is -0.464. The van der Waals surface area contributed by atoms with Gasteiger partial charge in [0.1, 0.15) is 16.1 Å². The molecule has 0 bridgehead atoms. The second-order valence-electron chi connectivity index (χ2n) is 10.2. The summed E-state index contributed by atoms with van der Waals surface area (Å²) in [4.78, 5) is 27.7. The zero-order chi connectivity index (χ0) is 31.5. The maximum absolute atomic E-state index is 13.6. The monoisotopic (exact) mass is 640 g/mol. The topological polar surface area (TPSA) is 128 Å². The SMILES string of the molecule is C[C@@H]1CN([C@H](C)CO)C(=O)c2cc(NC(=O)Nc3ccc(C(F)(F)F)cc3)ccc2O[C@@H]1CN(C)S(=O)(=O)c1cccs1. The van der Waals surface area contributed by atoms with Crippen LogP contribution in [0, 0.1) is 5.92 Å². The van der Waals surface area contributed by atoms with Gasteiger partial charge in [-0.05, 0) is 60.8 Å². The number of sulfonamides is 1. The van der Waals surface area contributed by atoms with Crippen molar-refractivity contribution in [2.45, 2.75) is 36.4 Å². The van der Waals surface area contributed by atoms with Crippen molar-refractivity contribution in [3.8, 4) is 5.75 Å². The molecule has 0 unspecified atom stereocenters. The number of aliphatic hydroxyl groups excluding tert-OH is 1. The Hall–Kier alpha value is -3.66. The van der Waals surface area contributed by atoms with E-state index in [1.54, 1.807) is 18.4 Å². The molecule has 0 saturated heterocycles. The molecule has 3 amide bonds. The average molecular weight is 641 g/mol. The number of nitrogens with one attached hydrogen (secondary N) is 2. The van der Waals surface area contributed by atoms with Crippen LogP contribution in [0.3, 0.4) is 0 Å². The van der Waals surface area contributed by atoms with Gasteiger partial charge < -0.3 is 25.4 Å². The Bertz CT molecular complexity index is 1550. The fourth-order valence-electron chi connectivity index (χ4n) is 4.47. The molecule has 43 heavy (non-hydrogen) atoms. The minimum atomic E-state index is -4.51. The van der Waals surface area contributed by atoms with Gasteiger partial charge in [-0.15, -0.1) is 11.3 Å². The van der Waals surface area contributed by atoms with Crippen LogP contribution in [0.25, 0.3) is 0 Å². The summed E-state index contributed by atoms with van der Waals surface area (Å²) >= 11 is 1.10. The molecule has 0 spiro atoms. The minimum Gasteiger partial charge on any atom is -0.488 e. The number of nitrogens with zero attached hydrogens (tertiary/aromatic N) is 2. The molecular weight excluding hydrogens is 609 g/mol. The number of hydrogen-bond donors (Lipinski definition) is 3. The van der Waals surface area contributed by atoms with Crippen LogP contribution in [0.15, 0.2) is 64.2 Å². The number of carbonyl (C=O) groups is 2. The lowest BCUT2D eigenvalue weighted by Crippen LogP contribution is -2.50. The van der Waals surface area contributed by atoms with Crippen LogP contribution >= 0.6 is 11.3 Å². The molecule has 2 aromatic carbocycles. The Balaban J connectivity index is 1.58. The lowest BCUT2D eigenvalue weighted by atomic mass is 9.99. The molecule has 10 nitrogen and oxygen atoms in total. The summed E-state index contributed by atoms with van der Waals surface area (Å²) in [5, 5.41) is 16.5. The van der Waals surface area contributed by atoms with Crippen LogP contribution in [0.5, 0.6) is 5.75 Å². The molecule has 3 aromatic rings. The molecule has 1 aromatic heterocycles. The van der Waals surface area contributed by atoms with Crippen LogP contribution in [0.2, 0.25) is 0 Å². The lowest BCUT2D eigenvalue weighted by molar-refractivity contribution is -0.137. The first-order valence-corrected chi connectivity index (χ1v) is 15.5. The first-order chi connectivity index (χ1) is 20.2. The number of benzene rings is 2. The van der Waals surface area contributed by atoms with Gasteiger partial charge in [0.25, 0.3) is 15.9 Å². The third-order valence-corrected chi connectivity index (χ3v) is 10.2. The number of urea groups is 1. The van der Waals surface area contributed by atoms with E-state index in [2.05, 4.69) is 10.6 Å². The van der Waals surface area contributed by atoms with Gasteiger partial charge in [0, 0.05) is 30.9 Å². The third kappa shape index (κ3) is 7.47. The van der Waals surface area contributed by atoms with Crippen molar-refractivity contribution in [2.75, 3.05) is 37.4 Å². The molecule has 3 N–H and O–H groups in total. The molecule has 0 saturated carbocycles. The van der Waals surface area contributed by atoms with Gasteiger partial charge in [-0.2, -0.15) is 17.5 Å². The van der Waals surface area contributed by atoms with Crippen LogP contribution < -0.4 is 15.4 Å². The fraction of sp³-hybridized carbons (Fsp3) is 0.357. The van der Waals surface area contributed by atoms with Crippen molar-refractivity contribution >= 4 is 44.7 Å². The van der Waals surface area contributed by atoms with Crippen molar-refractivity contribution in [3.05, 3.63) is 71.1 Å². The molecule has 2 heterocycles. The van der Waals surface area contributed by atoms with E-state index in [0.717, 1.165) is 35.6 Å². The van der Waals surface area contributed by atoms with E-state index in [1.807, 2.05) is 6.92 Å². The first-order valence-electron chi connectivity index (χ1n) is 13.2. The van der Waals surface area contributed by atoms with E-state index in [-0.39, 0.29) is 52.5 Å². The highest BCUT2D eigenvalue weighted by Gasteiger charge is 2.35. The van der Waals surface area contributed by atoms with Gasteiger partial charge in [0.15, 0.2) is 0 Å². The Labute approximate surface area is 251 Å². The second kappa shape index (κ2) is 12.9. The van der Waals surface area contributed by atoms with Crippen molar-refractivity contribution in [1.29, 1.82) is 0 Å². The number of halogens is 3. The summed E-state index contributed by atoms with van der Waals surface area (Å²) in [6, 6.07) is 10.1.